The molecule has 0 aliphatic carbocycles. The van der Waals surface area contributed by atoms with Crippen molar-refractivity contribution in [3.63, 3.8) is 0 Å². The number of hydrogen-bond acceptors (Lipinski definition) is 5. The van der Waals surface area contributed by atoms with E-state index >= 15 is 0 Å². The van der Waals surface area contributed by atoms with Crippen LogP contribution in [0, 0.1) is 0 Å². The van der Waals surface area contributed by atoms with Crippen molar-refractivity contribution in [1.29, 1.82) is 0 Å². The third-order valence-corrected chi connectivity index (χ3v) is 2.98. The molecule has 9 heteroatoms. The van der Waals surface area contributed by atoms with Crippen LogP contribution in [0.2, 0.25) is 0 Å². The van der Waals surface area contributed by atoms with Crippen molar-refractivity contribution in [3.8, 4) is 0 Å². The van der Waals surface area contributed by atoms with Crippen molar-refractivity contribution in [2.24, 2.45) is 4.99 Å². The number of aromatic nitrogens is 2. The first kappa shape index (κ1) is 23.6. The number of carbonyl (C=O) groups excluding carboxylic acids is 1. The average molecular weight is 466 g/mol. The fourth-order valence-electron chi connectivity index (χ4n) is 1.92. The standard InChI is InChI=1S/C16H30N6O2.HI/c1-15(2,3)13-19-11(21-24-13)9-18-14(17-7)22(8)10-12(23)20-16(4,5)6;/h9-10H2,1-8H3,(H,17,18)(H,20,23);1H. The summed E-state index contributed by atoms with van der Waals surface area (Å²) >= 11 is 0. The Labute approximate surface area is 167 Å². The zero-order valence-electron chi connectivity index (χ0n) is 16.4. The topological polar surface area (TPSA) is 95.7 Å². The van der Waals surface area contributed by atoms with E-state index in [4.69, 9.17) is 4.52 Å². The highest BCUT2D eigenvalue weighted by molar-refractivity contribution is 14.0. The quantitative estimate of drug-likeness (QED) is 0.400. The minimum Gasteiger partial charge on any atom is -0.350 e. The predicted molar refractivity (Wildman–Crippen MR) is 109 cm³/mol. The first-order valence-electron chi connectivity index (χ1n) is 7.98. The highest BCUT2D eigenvalue weighted by Crippen LogP contribution is 2.19. The van der Waals surface area contributed by atoms with E-state index in [1.54, 1.807) is 19.0 Å². The number of rotatable bonds is 4. The smallest absolute Gasteiger partial charge is 0.240 e. The van der Waals surface area contributed by atoms with E-state index in [1.165, 1.54) is 0 Å². The van der Waals surface area contributed by atoms with Gasteiger partial charge in [0.15, 0.2) is 11.8 Å². The van der Waals surface area contributed by atoms with Crippen molar-refractivity contribution >= 4 is 35.8 Å². The summed E-state index contributed by atoms with van der Waals surface area (Å²) in [6.07, 6.45) is 0. The number of amides is 1. The summed E-state index contributed by atoms with van der Waals surface area (Å²) in [6.45, 7) is 12.5. The van der Waals surface area contributed by atoms with E-state index in [0.29, 0.717) is 24.2 Å². The zero-order chi connectivity index (χ0) is 18.5. The number of halogens is 1. The summed E-state index contributed by atoms with van der Waals surface area (Å²) in [4.78, 5) is 22.3. The molecule has 1 aromatic heterocycles. The molecule has 0 aromatic carbocycles. The molecule has 0 saturated carbocycles. The van der Waals surface area contributed by atoms with Crippen LogP contribution in [0.1, 0.15) is 53.3 Å². The van der Waals surface area contributed by atoms with Gasteiger partial charge in [0.25, 0.3) is 0 Å². The number of nitrogens with zero attached hydrogens (tertiary/aromatic N) is 4. The average Bonchev–Trinajstić information content (AvgIpc) is 2.85. The van der Waals surface area contributed by atoms with Crippen LogP contribution in [0.3, 0.4) is 0 Å². The molecule has 0 aliphatic heterocycles. The van der Waals surface area contributed by atoms with E-state index in [1.807, 2.05) is 41.5 Å². The molecule has 0 spiro atoms. The Morgan fingerprint density at radius 2 is 1.84 bits per heavy atom. The Hall–Kier alpha value is -1.39. The molecule has 144 valence electrons. The Morgan fingerprint density at radius 1 is 1.24 bits per heavy atom. The number of likely N-dealkylation sites (N-methyl/N-ethyl adjacent to an activating group) is 1. The summed E-state index contributed by atoms with van der Waals surface area (Å²) in [6, 6.07) is 0. The number of carbonyl (C=O) groups is 1. The molecular weight excluding hydrogens is 435 g/mol. The summed E-state index contributed by atoms with van der Waals surface area (Å²) in [7, 11) is 3.46. The van der Waals surface area contributed by atoms with Crippen LogP contribution in [0.4, 0.5) is 0 Å². The molecular formula is C16H31IN6O2. The molecule has 1 rings (SSSR count). The van der Waals surface area contributed by atoms with Crippen LogP contribution < -0.4 is 10.6 Å². The van der Waals surface area contributed by atoms with E-state index in [2.05, 4.69) is 25.8 Å². The number of guanidine groups is 1. The Kier molecular flexibility index (Phi) is 8.83. The van der Waals surface area contributed by atoms with Gasteiger partial charge in [-0.25, -0.2) is 0 Å². The lowest BCUT2D eigenvalue weighted by Gasteiger charge is -2.25. The minimum absolute atomic E-state index is 0. The molecule has 0 saturated heterocycles. The molecule has 0 radical (unpaired) electrons. The summed E-state index contributed by atoms with van der Waals surface area (Å²) in [5.41, 5.74) is -0.447. The second-order valence-electron chi connectivity index (χ2n) is 7.82. The molecule has 0 aliphatic rings. The Balaban J connectivity index is 0.00000576. The normalized spacial score (nSPS) is 12.4. The molecule has 1 heterocycles. The number of aliphatic imine (C=N–C) groups is 1. The maximum absolute atomic E-state index is 12.0. The second-order valence-corrected chi connectivity index (χ2v) is 7.82. The van der Waals surface area contributed by atoms with Crippen LogP contribution in [0.15, 0.2) is 9.52 Å². The van der Waals surface area contributed by atoms with Crippen molar-refractivity contribution in [2.75, 3.05) is 20.6 Å². The molecule has 25 heavy (non-hydrogen) atoms. The number of hydrogen-bond donors (Lipinski definition) is 2. The lowest BCUT2D eigenvalue weighted by atomic mass is 9.97. The van der Waals surface area contributed by atoms with Gasteiger partial charge in [-0.2, -0.15) is 4.98 Å². The third kappa shape index (κ3) is 8.50. The van der Waals surface area contributed by atoms with Gasteiger partial charge in [0.05, 0.1) is 13.1 Å². The van der Waals surface area contributed by atoms with Crippen molar-refractivity contribution in [3.05, 3.63) is 11.7 Å². The Morgan fingerprint density at radius 3 is 2.28 bits per heavy atom. The van der Waals surface area contributed by atoms with Gasteiger partial charge < -0.3 is 20.1 Å². The van der Waals surface area contributed by atoms with Gasteiger partial charge in [0.2, 0.25) is 11.8 Å². The fraction of sp³-hybridized carbons (Fsp3) is 0.750. The fourth-order valence-corrected chi connectivity index (χ4v) is 1.92. The molecule has 0 bridgehead atoms. The van der Waals surface area contributed by atoms with Crippen LogP contribution in [-0.4, -0.2) is 53.1 Å². The molecule has 0 fully saturated rings. The molecule has 0 atom stereocenters. The highest BCUT2D eigenvalue weighted by atomic mass is 127. The third-order valence-electron chi connectivity index (χ3n) is 2.98. The van der Waals surface area contributed by atoms with Crippen molar-refractivity contribution < 1.29 is 9.32 Å². The summed E-state index contributed by atoms with van der Waals surface area (Å²) < 4.78 is 5.26. The molecule has 1 amide bonds. The van der Waals surface area contributed by atoms with Crippen LogP contribution in [0.5, 0.6) is 0 Å². The van der Waals surface area contributed by atoms with Gasteiger partial charge in [0.1, 0.15) is 0 Å². The highest BCUT2D eigenvalue weighted by Gasteiger charge is 2.22. The molecule has 8 nitrogen and oxygen atoms in total. The van der Waals surface area contributed by atoms with Crippen molar-refractivity contribution in [2.45, 2.75) is 59.0 Å². The van der Waals surface area contributed by atoms with Gasteiger partial charge in [-0.15, -0.1) is 24.0 Å². The first-order chi connectivity index (χ1) is 10.9. The Bertz CT molecular complexity index is 586. The van der Waals surface area contributed by atoms with Gasteiger partial charge in [-0.05, 0) is 20.8 Å². The lowest BCUT2D eigenvalue weighted by molar-refractivity contribution is -0.122. The van der Waals surface area contributed by atoms with E-state index in [0.717, 1.165) is 0 Å². The predicted octanol–water partition coefficient (Wildman–Crippen LogP) is 1.91. The first-order valence-corrected chi connectivity index (χ1v) is 7.98. The largest absolute Gasteiger partial charge is 0.350 e. The van der Waals surface area contributed by atoms with Gasteiger partial charge in [-0.3, -0.25) is 9.79 Å². The van der Waals surface area contributed by atoms with E-state index in [-0.39, 0.29) is 47.4 Å². The minimum atomic E-state index is -0.261. The van der Waals surface area contributed by atoms with Crippen LogP contribution in [-0.2, 0) is 16.8 Å². The monoisotopic (exact) mass is 466 g/mol. The zero-order valence-corrected chi connectivity index (χ0v) is 18.8. The summed E-state index contributed by atoms with van der Waals surface area (Å²) in [5, 5.41) is 10.0. The van der Waals surface area contributed by atoms with Gasteiger partial charge in [0, 0.05) is 25.0 Å². The van der Waals surface area contributed by atoms with Crippen LogP contribution in [0.25, 0.3) is 0 Å². The maximum atomic E-state index is 12.0. The molecule has 2 N–H and O–H groups in total. The number of nitrogens with one attached hydrogen (secondary N) is 2. The molecule has 0 unspecified atom stereocenters. The maximum Gasteiger partial charge on any atom is 0.240 e. The SMILES string of the molecule is CN=C(NCc1noc(C(C)(C)C)n1)N(C)CC(=O)NC(C)(C)C.I. The summed E-state index contributed by atoms with van der Waals surface area (Å²) in [5.74, 6) is 1.66. The van der Waals surface area contributed by atoms with E-state index < -0.39 is 0 Å². The van der Waals surface area contributed by atoms with Crippen molar-refractivity contribution in [1.82, 2.24) is 25.7 Å². The molecule has 1 aromatic rings. The van der Waals surface area contributed by atoms with E-state index in [9.17, 15) is 4.79 Å². The lowest BCUT2D eigenvalue weighted by Crippen LogP contribution is -2.48. The van der Waals surface area contributed by atoms with Crippen LogP contribution >= 0.6 is 24.0 Å². The van der Waals surface area contributed by atoms with Gasteiger partial charge >= 0.3 is 0 Å². The van der Waals surface area contributed by atoms with Gasteiger partial charge in [-0.1, -0.05) is 25.9 Å². The second kappa shape index (κ2) is 9.35.